The summed E-state index contributed by atoms with van der Waals surface area (Å²) >= 11 is 0. The number of aryl methyl sites for hydroxylation is 2. The van der Waals surface area contributed by atoms with Crippen molar-refractivity contribution in [3.63, 3.8) is 0 Å². The summed E-state index contributed by atoms with van der Waals surface area (Å²) in [4.78, 5) is 11.8. The average molecular weight is 216 g/mol. The van der Waals surface area contributed by atoms with E-state index in [4.69, 9.17) is 0 Å². The van der Waals surface area contributed by atoms with Gasteiger partial charge in [0, 0.05) is 24.2 Å². The van der Waals surface area contributed by atoms with Crippen LogP contribution in [0.3, 0.4) is 0 Å². The number of carbonyl (C=O) groups is 1. The lowest BCUT2D eigenvalue weighted by Crippen LogP contribution is -2.18. The van der Waals surface area contributed by atoms with E-state index < -0.39 is 0 Å². The smallest absolute Gasteiger partial charge is 0.176 e. The first-order valence-electron chi connectivity index (χ1n) is 5.37. The number of aromatic nitrogens is 1. The topological polar surface area (TPSA) is 34.0 Å². The number of nitrogens with zero attached hydrogens (tertiary/aromatic N) is 1. The van der Waals surface area contributed by atoms with E-state index in [2.05, 4.69) is 9.88 Å². The van der Waals surface area contributed by atoms with Gasteiger partial charge >= 0.3 is 0 Å². The van der Waals surface area contributed by atoms with Crippen LogP contribution in [0.15, 0.2) is 24.4 Å². The van der Waals surface area contributed by atoms with Gasteiger partial charge in [-0.3, -0.25) is 4.79 Å². The van der Waals surface area contributed by atoms with Crippen molar-refractivity contribution >= 4 is 16.7 Å². The van der Waals surface area contributed by atoms with E-state index in [0.717, 1.165) is 16.5 Å². The van der Waals surface area contributed by atoms with Crippen LogP contribution >= 0.6 is 0 Å². The van der Waals surface area contributed by atoms with Crippen molar-refractivity contribution in [1.82, 2.24) is 9.88 Å². The molecule has 16 heavy (non-hydrogen) atoms. The van der Waals surface area contributed by atoms with Crippen LogP contribution in [0.5, 0.6) is 0 Å². The van der Waals surface area contributed by atoms with Crippen LogP contribution in [-0.4, -0.2) is 23.9 Å². The first-order chi connectivity index (χ1) is 7.63. The fraction of sp³-hybridized carbons (Fsp3) is 0.308. The van der Waals surface area contributed by atoms with E-state index in [9.17, 15) is 4.79 Å². The molecule has 0 aliphatic rings. The molecule has 2 aromatic rings. The molecule has 1 aromatic heterocycles. The molecule has 0 aliphatic heterocycles. The number of benzene rings is 1. The number of ketones is 1. The maximum Gasteiger partial charge on any atom is 0.176 e. The van der Waals surface area contributed by atoms with Gasteiger partial charge in [-0.05, 0) is 37.7 Å². The second kappa shape index (κ2) is 4.10. The fourth-order valence-electron chi connectivity index (χ4n) is 2.11. The zero-order valence-electron chi connectivity index (χ0n) is 9.87. The summed E-state index contributed by atoms with van der Waals surface area (Å²) in [6, 6.07) is 5.96. The van der Waals surface area contributed by atoms with Gasteiger partial charge in [-0.25, -0.2) is 0 Å². The summed E-state index contributed by atoms with van der Waals surface area (Å²) < 4.78 is 2.08. The Labute approximate surface area is 95.1 Å². The lowest BCUT2D eigenvalue weighted by atomic mass is 10.0. The summed E-state index contributed by atoms with van der Waals surface area (Å²) in [5, 5.41) is 4.01. The van der Waals surface area contributed by atoms with Crippen molar-refractivity contribution in [3.05, 3.63) is 35.5 Å². The van der Waals surface area contributed by atoms with Gasteiger partial charge in [0.15, 0.2) is 5.78 Å². The van der Waals surface area contributed by atoms with Crippen molar-refractivity contribution in [2.75, 3.05) is 13.6 Å². The molecule has 1 heterocycles. The highest BCUT2D eigenvalue weighted by Crippen LogP contribution is 2.21. The predicted molar refractivity (Wildman–Crippen MR) is 65.9 cm³/mol. The Kier molecular flexibility index (Phi) is 2.79. The summed E-state index contributed by atoms with van der Waals surface area (Å²) in [6.07, 6.45) is 2.02. The van der Waals surface area contributed by atoms with Crippen LogP contribution in [0.2, 0.25) is 0 Å². The molecule has 0 atom stereocenters. The highest BCUT2D eigenvalue weighted by atomic mass is 16.1. The Balaban J connectivity index is 2.54. The lowest BCUT2D eigenvalue weighted by molar-refractivity contribution is 0.0993. The first kappa shape index (κ1) is 10.9. The van der Waals surface area contributed by atoms with Crippen LogP contribution in [-0.2, 0) is 7.05 Å². The van der Waals surface area contributed by atoms with Gasteiger partial charge in [0.2, 0.25) is 0 Å². The molecule has 3 heteroatoms. The van der Waals surface area contributed by atoms with Gasteiger partial charge in [0.25, 0.3) is 0 Å². The van der Waals surface area contributed by atoms with Crippen molar-refractivity contribution in [1.29, 1.82) is 0 Å². The predicted octanol–water partition coefficient (Wildman–Crippen LogP) is 1.89. The molecule has 84 valence electrons. The van der Waals surface area contributed by atoms with E-state index in [1.807, 2.05) is 38.4 Å². The number of hydrogen-bond acceptors (Lipinski definition) is 2. The van der Waals surface area contributed by atoms with Crippen LogP contribution in [0.4, 0.5) is 0 Å². The number of carbonyl (C=O) groups excluding carboxylic acids is 1. The standard InChI is InChI=1S/C13H16N2O/c1-9-6-11(12(16)8-14-2)7-10-4-5-15(3)13(9)10/h4-7,14H,8H2,1-3H3. The molecular weight excluding hydrogens is 200 g/mol. The molecule has 1 aromatic carbocycles. The molecular formula is C13H16N2O. The van der Waals surface area contributed by atoms with Crippen LogP contribution < -0.4 is 5.32 Å². The SMILES string of the molecule is CNCC(=O)c1cc(C)c2c(ccn2C)c1. The Morgan fingerprint density at radius 1 is 1.44 bits per heavy atom. The summed E-state index contributed by atoms with van der Waals surface area (Å²) in [6.45, 7) is 2.43. The van der Waals surface area contributed by atoms with Crippen LogP contribution in [0.25, 0.3) is 10.9 Å². The number of hydrogen-bond donors (Lipinski definition) is 1. The molecule has 0 fully saturated rings. The van der Waals surface area contributed by atoms with Crippen LogP contribution in [0.1, 0.15) is 15.9 Å². The number of likely N-dealkylation sites (N-methyl/N-ethyl adjacent to an activating group) is 1. The zero-order chi connectivity index (χ0) is 11.7. The molecule has 0 unspecified atom stereocenters. The average Bonchev–Trinajstić information content (AvgIpc) is 2.61. The molecule has 0 aliphatic carbocycles. The maximum absolute atomic E-state index is 11.8. The third-order valence-electron chi connectivity index (χ3n) is 2.82. The highest BCUT2D eigenvalue weighted by Gasteiger charge is 2.09. The van der Waals surface area contributed by atoms with E-state index in [1.165, 1.54) is 5.52 Å². The molecule has 0 bridgehead atoms. The molecule has 0 radical (unpaired) electrons. The highest BCUT2D eigenvalue weighted by molar-refractivity contribution is 6.01. The van der Waals surface area contributed by atoms with Crippen molar-refractivity contribution in [2.24, 2.45) is 7.05 Å². The minimum absolute atomic E-state index is 0.136. The fourth-order valence-corrected chi connectivity index (χ4v) is 2.11. The monoisotopic (exact) mass is 216 g/mol. The van der Waals surface area contributed by atoms with E-state index >= 15 is 0 Å². The quantitative estimate of drug-likeness (QED) is 0.795. The number of Topliss-reactive ketones (excluding diaryl/α,β-unsaturated/α-hetero) is 1. The number of fused-ring (bicyclic) bond motifs is 1. The Morgan fingerprint density at radius 2 is 2.19 bits per heavy atom. The molecule has 0 saturated heterocycles. The second-order valence-corrected chi connectivity index (χ2v) is 4.11. The van der Waals surface area contributed by atoms with Crippen molar-refractivity contribution < 1.29 is 4.79 Å². The summed E-state index contributed by atoms with van der Waals surface area (Å²) in [5.74, 6) is 0.136. The summed E-state index contributed by atoms with van der Waals surface area (Å²) in [7, 11) is 3.80. The third-order valence-corrected chi connectivity index (χ3v) is 2.82. The lowest BCUT2D eigenvalue weighted by Gasteiger charge is -2.05. The van der Waals surface area contributed by atoms with Gasteiger partial charge in [-0.2, -0.15) is 0 Å². The summed E-state index contributed by atoms with van der Waals surface area (Å²) in [5.41, 5.74) is 3.12. The van der Waals surface area contributed by atoms with Gasteiger partial charge in [0.1, 0.15) is 0 Å². The maximum atomic E-state index is 11.8. The molecule has 3 nitrogen and oxygen atoms in total. The second-order valence-electron chi connectivity index (χ2n) is 4.11. The van der Waals surface area contributed by atoms with E-state index in [1.54, 1.807) is 7.05 Å². The molecule has 2 rings (SSSR count). The molecule has 0 saturated carbocycles. The first-order valence-corrected chi connectivity index (χ1v) is 5.37. The van der Waals surface area contributed by atoms with E-state index in [0.29, 0.717) is 6.54 Å². The largest absolute Gasteiger partial charge is 0.350 e. The van der Waals surface area contributed by atoms with Gasteiger partial charge < -0.3 is 9.88 Å². The minimum atomic E-state index is 0.136. The third kappa shape index (κ3) is 1.74. The van der Waals surface area contributed by atoms with Gasteiger partial charge in [-0.1, -0.05) is 0 Å². The minimum Gasteiger partial charge on any atom is -0.350 e. The Bertz CT molecular complexity index is 540. The molecule has 0 amide bonds. The zero-order valence-corrected chi connectivity index (χ0v) is 9.87. The van der Waals surface area contributed by atoms with Gasteiger partial charge in [0.05, 0.1) is 12.1 Å². The number of nitrogens with one attached hydrogen (secondary N) is 1. The Morgan fingerprint density at radius 3 is 2.88 bits per heavy atom. The molecule has 0 spiro atoms. The van der Waals surface area contributed by atoms with Gasteiger partial charge in [-0.15, -0.1) is 0 Å². The normalized spacial score (nSPS) is 10.9. The van der Waals surface area contributed by atoms with Crippen LogP contribution in [0, 0.1) is 6.92 Å². The van der Waals surface area contributed by atoms with Crippen molar-refractivity contribution in [2.45, 2.75) is 6.92 Å². The number of rotatable bonds is 3. The van der Waals surface area contributed by atoms with E-state index in [-0.39, 0.29) is 5.78 Å². The van der Waals surface area contributed by atoms with Crippen molar-refractivity contribution in [3.8, 4) is 0 Å². The molecule has 1 N–H and O–H groups in total. The Hall–Kier alpha value is -1.61.